The molecule has 0 aromatic rings. The molecule has 0 saturated heterocycles. The molecule has 0 spiro atoms. The first kappa shape index (κ1) is 16.6. The topological polar surface area (TPSA) is 91.7 Å². The van der Waals surface area contributed by atoms with E-state index in [1.165, 1.54) is 0 Å². The minimum Gasteiger partial charge on any atom is -0.481 e. The Balaban J connectivity index is 2.10. The van der Waals surface area contributed by atoms with Gasteiger partial charge in [-0.2, -0.15) is 0 Å². The maximum atomic E-state index is 12.6. The van der Waals surface area contributed by atoms with Crippen LogP contribution in [0.2, 0.25) is 0 Å². The minimum atomic E-state index is -1.32. The van der Waals surface area contributed by atoms with Gasteiger partial charge in [-0.25, -0.2) is 0 Å². The van der Waals surface area contributed by atoms with Gasteiger partial charge in [-0.05, 0) is 37.0 Å². The maximum Gasteiger partial charge on any atom is 0.304 e. The molecule has 3 saturated carbocycles. The number of rotatable bonds is 2. The van der Waals surface area contributed by atoms with Gasteiger partial charge in [0.15, 0.2) is 5.78 Å². The Labute approximate surface area is 136 Å². The summed E-state index contributed by atoms with van der Waals surface area (Å²) in [5, 5.41) is 20.4. The molecule has 5 unspecified atom stereocenters. The van der Waals surface area contributed by atoms with Crippen LogP contribution in [0.15, 0.2) is 0 Å². The molecule has 5 heteroatoms. The Morgan fingerprint density at radius 1 is 1.09 bits per heavy atom. The van der Waals surface area contributed by atoms with Gasteiger partial charge >= 0.3 is 5.97 Å². The molecular weight excluding hydrogens is 296 g/mol. The second-order valence-corrected chi connectivity index (χ2v) is 8.54. The summed E-state index contributed by atoms with van der Waals surface area (Å²) in [6, 6.07) is 0. The lowest BCUT2D eigenvalue weighted by Crippen LogP contribution is -2.66. The molecule has 2 N–H and O–H groups in total. The minimum absolute atomic E-state index is 0.0146. The van der Waals surface area contributed by atoms with E-state index in [0.717, 1.165) is 0 Å². The Morgan fingerprint density at radius 2 is 1.70 bits per heavy atom. The van der Waals surface area contributed by atoms with Gasteiger partial charge in [-0.3, -0.25) is 14.4 Å². The summed E-state index contributed by atoms with van der Waals surface area (Å²) in [6.07, 6.45) is 2.64. The largest absolute Gasteiger partial charge is 0.481 e. The zero-order valence-corrected chi connectivity index (χ0v) is 14.1. The number of carbonyl (C=O) groups is 3. The van der Waals surface area contributed by atoms with Gasteiger partial charge in [0.05, 0.1) is 6.42 Å². The molecule has 0 bridgehead atoms. The number of fused-ring (bicyclic) bond motifs is 3. The van der Waals surface area contributed by atoms with Crippen LogP contribution in [0, 0.1) is 22.2 Å². The number of aliphatic carboxylic acids is 1. The van der Waals surface area contributed by atoms with Crippen molar-refractivity contribution < 1.29 is 24.6 Å². The quantitative estimate of drug-likeness (QED) is 0.814. The summed E-state index contributed by atoms with van der Waals surface area (Å²) in [5.74, 6) is -1.14. The van der Waals surface area contributed by atoms with E-state index in [1.54, 1.807) is 6.92 Å². The van der Waals surface area contributed by atoms with Gasteiger partial charge in [-0.1, -0.05) is 20.8 Å². The average Bonchev–Trinajstić information content (AvgIpc) is 2.69. The molecule has 128 valence electrons. The maximum absolute atomic E-state index is 12.6. The number of aliphatic hydroxyl groups is 1. The number of carboxylic acid groups (broad SMARTS) is 1. The molecule has 0 aromatic carbocycles. The Morgan fingerprint density at radius 3 is 2.30 bits per heavy atom. The van der Waals surface area contributed by atoms with Crippen molar-refractivity contribution in [3.63, 3.8) is 0 Å². The van der Waals surface area contributed by atoms with E-state index in [1.807, 2.05) is 6.92 Å². The third-order valence-corrected chi connectivity index (χ3v) is 7.85. The number of ketones is 2. The van der Waals surface area contributed by atoms with E-state index in [-0.39, 0.29) is 23.9 Å². The number of hydrogen-bond acceptors (Lipinski definition) is 4. The van der Waals surface area contributed by atoms with Crippen molar-refractivity contribution in [1.29, 1.82) is 0 Å². The van der Waals surface area contributed by atoms with Crippen molar-refractivity contribution in [2.45, 2.75) is 71.3 Å². The molecule has 5 atom stereocenters. The highest BCUT2D eigenvalue weighted by Crippen LogP contribution is 2.70. The lowest BCUT2D eigenvalue weighted by Gasteiger charge is -2.64. The van der Waals surface area contributed by atoms with Gasteiger partial charge < -0.3 is 10.2 Å². The van der Waals surface area contributed by atoms with Crippen LogP contribution in [0.3, 0.4) is 0 Å². The fraction of sp³-hybridized carbons (Fsp3) is 0.833. The zero-order valence-electron chi connectivity index (χ0n) is 14.1. The highest BCUT2D eigenvalue weighted by Gasteiger charge is 2.72. The zero-order chi connectivity index (χ0) is 17.3. The van der Waals surface area contributed by atoms with Crippen molar-refractivity contribution in [3.8, 4) is 0 Å². The first-order chi connectivity index (χ1) is 10.5. The molecule has 3 rings (SSSR count). The van der Waals surface area contributed by atoms with Crippen LogP contribution in [0.5, 0.6) is 0 Å². The summed E-state index contributed by atoms with van der Waals surface area (Å²) >= 11 is 0. The number of Topliss-reactive ketones (excluding diaryl/α,β-unsaturated/α-hetero) is 2. The smallest absolute Gasteiger partial charge is 0.304 e. The predicted molar refractivity (Wildman–Crippen MR) is 82.7 cm³/mol. The van der Waals surface area contributed by atoms with Crippen LogP contribution < -0.4 is 0 Å². The fourth-order valence-corrected chi connectivity index (χ4v) is 6.18. The van der Waals surface area contributed by atoms with E-state index in [9.17, 15) is 24.6 Å². The number of hydrogen-bond donors (Lipinski definition) is 2. The van der Waals surface area contributed by atoms with Crippen molar-refractivity contribution in [3.05, 3.63) is 0 Å². The molecule has 23 heavy (non-hydrogen) atoms. The molecule has 0 radical (unpaired) electrons. The monoisotopic (exact) mass is 322 g/mol. The Hall–Kier alpha value is -1.23. The summed E-state index contributed by atoms with van der Waals surface area (Å²) in [6.45, 7) is 5.81. The molecule has 0 aromatic heterocycles. The van der Waals surface area contributed by atoms with Crippen molar-refractivity contribution in [2.24, 2.45) is 22.2 Å². The number of carbonyl (C=O) groups excluding carboxylic acids is 2. The molecule has 3 aliphatic carbocycles. The first-order valence-corrected chi connectivity index (χ1v) is 8.52. The highest BCUT2D eigenvalue weighted by molar-refractivity contribution is 5.92. The van der Waals surface area contributed by atoms with Gasteiger partial charge in [0, 0.05) is 23.7 Å². The van der Waals surface area contributed by atoms with Crippen molar-refractivity contribution >= 4 is 17.5 Å². The normalized spacial score (nSPS) is 49.7. The summed E-state index contributed by atoms with van der Waals surface area (Å²) < 4.78 is 0. The summed E-state index contributed by atoms with van der Waals surface area (Å²) in [5.41, 5.74) is -3.21. The predicted octanol–water partition coefficient (Wildman–Crippen LogP) is 2.35. The van der Waals surface area contributed by atoms with Crippen molar-refractivity contribution in [1.82, 2.24) is 0 Å². The van der Waals surface area contributed by atoms with Gasteiger partial charge in [0.25, 0.3) is 0 Å². The molecule has 0 amide bonds. The van der Waals surface area contributed by atoms with E-state index >= 15 is 0 Å². The third kappa shape index (κ3) is 1.80. The Kier molecular flexibility index (Phi) is 3.36. The van der Waals surface area contributed by atoms with Crippen LogP contribution in [-0.4, -0.2) is 33.3 Å². The average molecular weight is 322 g/mol. The highest BCUT2D eigenvalue weighted by atomic mass is 16.4. The van der Waals surface area contributed by atoms with Gasteiger partial charge in [-0.15, -0.1) is 0 Å². The van der Waals surface area contributed by atoms with Crippen LogP contribution in [0.25, 0.3) is 0 Å². The standard InChI is InChI=1S/C18H26O5/c1-15(10-14(21)22)11-4-9-18(23)13(20)6-8-17(18,3)16(11,2)7-5-12(15)19/h11,23H,4-10H2,1-3H3,(H,21,22). The first-order valence-electron chi connectivity index (χ1n) is 8.52. The van der Waals surface area contributed by atoms with Crippen molar-refractivity contribution in [2.75, 3.05) is 0 Å². The van der Waals surface area contributed by atoms with Crippen LogP contribution >= 0.6 is 0 Å². The van der Waals surface area contributed by atoms with Crippen LogP contribution in [-0.2, 0) is 14.4 Å². The van der Waals surface area contributed by atoms with E-state index < -0.39 is 27.8 Å². The molecule has 0 heterocycles. The summed E-state index contributed by atoms with van der Waals surface area (Å²) in [7, 11) is 0. The van der Waals surface area contributed by atoms with E-state index in [2.05, 4.69) is 6.92 Å². The Bertz CT molecular complexity index is 598. The second-order valence-electron chi connectivity index (χ2n) is 8.54. The third-order valence-electron chi connectivity index (χ3n) is 7.85. The fourth-order valence-electron chi connectivity index (χ4n) is 6.18. The number of carboxylic acids is 1. The molecule has 3 aliphatic rings. The van der Waals surface area contributed by atoms with Crippen LogP contribution in [0.1, 0.15) is 65.7 Å². The van der Waals surface area contributed by atoms with Gasteiger partial charge in [0.2, 0.25) is 0 Å². The molecular formula is C18H26O5. The van der Waals surface area contributed by atoms with E-state index in [4.69, 9.17) is 0 Å². The molecule has 0 aliphatic heterocycles. The van der Waals surface area contributed by atoms with Crippen LogP contribution in [0.4, 0.5) is 0 Å². The van der Waals surface area contributed by atoms with Gasteiger partial charge in [0.1, 0.15) is 11.4 Å². The molecule has 3 fully saturated rings. The molecule has 5 nitrogen and oxygen atoms in total. The summed E-state index contributed by atoms with van der Waals surface area (Å²) in [4.78, 5) is 36.3. The lowest BCUT2D eigenvalue weighted by molar-refractivity contribution is -0.213. The van der Waals surface area contributed by atoms with E-state index in [0.29, 0.717) is 38.5 Å². The lowest BCUT2D eigenvalue weighted by atomic mass is 9.40. The SMILES string of the molecule is CC1(CC(=O)O)C(=O)CCC2(C)C1CCC1(O)C(=O)CCC12C. The second kappa shape index (κ2) is 4.65.